The van der Waals surface area contributed by atoms with Crippen LogP contribution in [-0.2, 0) is 13.6 Å². The van der Waals surface area contributed by atoms with Crippen LogP contribution in [0, 0.1) is 0 Å². The Morgan fingerprint density at radius 1 is 1.37 bits per heavy atom. The summed E-state index contributed by atoms with van der Waals surface area (Å²) in [5.74, 6) is -0.0494. The van der Waals surface area contributed by atoms with Gasteiger partial charge in [-0.25, -0.2) is 14.8 Å². The van der Waals surface area contributed by atoms with E-state index in [1.807, 2.05) is 22.4 Å². The lowest BCUT2D eigenvalue weighted by molar-refractivity contribution is 0.0697. The number of carbonyl (C=O) groups is 1. The van der Waals surface area contributed by atoms with Gasteiger partial charge in [-0.3, -0.25) is 0 Å². The minimum absolute atomic E-state index is 0.258. The highest BCUT2D eigenvalue weighted by Crippen LogP contribution is 2.16. The van der Waals surface area contributed by atoms with Crippen molar-refractivity contribution in [2.45, 2.75) is 6.54 Å². The van der Waals surface area contributed by atoms with E-state index < -0.39 is 5.97 Å². The van der Waals surface area contributed by atoms with Crippen molar-refractivity contribution in [1.29, 1.82) is 0 Å². The van der Waals surface area contributed by atoms with Crippen LogP contribution in [0.5, 0.6) is 0 Å². The first-order chi connectivity index (χ1) is 9.15. The van der Waals surface area contributed by atoms with Crippen LogP contribution < -0.4 is 0 Å². The number of carboxylic acids is 1. The molecule has 0 saturated heterocycles. The molecule has 0 unspecified atom stereocenters. The molecular formula is C13H12N4O2. The molecule has 0 bridgehead atoms. The molecule has 3 rings (SSSR count). The second-order valence-electron chi connectivity index (χ2n) is 4.34. The number of imidazole rings is 2. The van der Waals surface area contributed by atoms with Crippen molar-refractivity contribution in [3.8, 4) is 0 Å². The minimum atomic E-state index is -0.938. The lowest BCUT2D eigenvalue weighted by Gasteiger charge is -2.05. The Morgan fingerprint density at radius 3 is 2.89 bits per heavy atom. The smallest absolute Gasteiger partial charge is 0.335 e. The lowest BCUT2D eigenvalue weighted by atomic mass is 10.2. The van der Waals surface area contributed by atoms with Crippen LogP contribution in [-0.4, -0.2) is 30.2 Å². The summed E-state index contributed by atoms with van der Waals surface area (Å²) < 4.78 is 3.82. The summed E-state index contributed by atoms with van der Waals surface area (Å²) in [4.78, 5) is 19.5. The quantitative estimate of drug-likeness (QED) is 0.771. The van der Waals surface area contributed by atoms with E-state index in [1.165, 1.54) is 0 Å². The standard InChI is InChI=1S/C13H12N4O2/c1-16-5-4-14-12(16)7-17-8-15-10-3-2-9(13(18)19)6-11(10)17/h2-6,8H,7H2,1H3,(H,18,19). The molecule has 0 aliphatic rings. The molecule has 6 heteroatoms. The summed E-state index contributed by atoms with van der Waals surface area (Å²) >= 11 is 0. The van der Waals surface area contributed by atoms with Gasteiger partial charge in [0.2, 0.25) is 0 Å². The Balaban J connectivity index is 2.06. The molecule has 0 saturated carbocycles. The number of nitrogens with zero attached hydrogens (tertiary/aromatic N) is 4. The van der Waals surface area contributed by atoms with Crippen LogP contribution in [0.1, 0.15) is 16.2 Å². The summed E-state index contributed by atoms with van der Waals surface area (Å²) in [6.07, 6.45) is 5.30. The van der Waals surface area contributed by atoms with Gasteiger partial charge in [-0.15, -0.1) is 0 Å². The number of rotatable bonds is 3. The Bertz CT molecular complexity index is 757. The molecule has 96 valence electrons. The van der Waals surface area contributed by atoms with Gasteiger partial charge >= 0.3 is 5.97 Å². The van der Waals surface area contributed by atoms with Crippen molar-refractivity contribution in [1.82, 2.24) is 19.1 Å². The van der Waals surface area contributed by atoms with Gasteiger partial charge in [-0.2, -0.15) is 0 Å². The number of carboxylic acid groups (broad SMARTS) is 1. The van der Waals surface area contributed by atoms with Crippen LogP contribution in [0.25, 0.3) is 11.0 Å². The van der Waals surface area contributed by atoms with Gasteiger partial charge in [-0.05, 0) is 18.2 Å². The molecule has 0 fully saturated rings. The number of hydrogen-bond donors (Lipinski definition) is 1. The highest BCUT2D eigenvalue weighted by molar-refractivity contribution is 5.92. The molecule has 19 heavy (non-hydrogen) atoms. The van der Waals surface area contributed by atoms with Crippen molar-refractivity contribution >= 4 is 17.0 Å². The molecule has 6 nitrogen and oxygen atoms in total. The van der Waals surface area contributed by atoms with Crippen LogP contribution >= 0.6 is 0 Å². The predicted octanol–water partition coefficient (Wildman–Crippen LogP) is 1.52. The highest BCUT2D eigenvalue weighted by Gasteiger charge is 2.09. The molecular weight excluding hydrogens is 244 g/mol. The molecule has 2 heterocycles. The molecule has 1 N–H and O–H groups in total. The SMILES string of the molecule is Cn1ccnc1Cn1cnc2ccc(C(=O)O)cc21. The van der Waals surface area contributed by atoms with Crippen molar-refractivity contribution in [3.05, 3.63) is 48.3 Å². The fourth-order valence-electron chi connectivity index (χ4n) is 2.02. The van der Waals surface area contributed by atoms with Crippen LogP contribution in [0.2, 0.25) is 0 Å². The maximum Gasteiger partial charge on any atom is 0.335 e. The fraction of sp³-hybridized carbons (Fsp3) is 0.154. The van der Waals surface area contributed by atoms with E-state index >= 15 is 0 Å². The topological polar surface area (TPSA) is 72.9 Å². The molecule has 0 spiro atoms. The number of aromatic carboxylic acids is 1. The Labute approximate surface area is 108 Å². The number of benzene rings is 1. The van der Waals surface area contributed by atoms with Crippen molar-refractivity contribution in [3.63, 3.8) is 0 Å². The van der Waals surface area contributed by atoms with Crippen molar-refractivity contribution < 1.29 is 9.90 Å². The van der Waals surface area contributed by atoms with Gasteiger partial charge in [0.25, 0.3) is 0 Å². The molecule has 0 amide bonds. The zero-order valence-electron chi connectivity index (χ0n) is 10.3. The zero-order valence-corrected chi connectivity index (χ0v) is 10.3. The zero-order chi connectivity index (χ0) is 13.4. The summed E-state index contributed by atoms with van der Waals surface area (Å²) in [5.41, 5.74) is 1.83. The lowest BCUT2D eigenvalue weighted by Crippen LogP contribution is -2.05. The molecule has 0 radical (unpaired) electrons. The summed E-state index contributed by atoms with van der Waals surface area (Å²) in [5, 5.41) is 9.03. The average molecular weight is 256 g/mol. The maximum absolute atomic E-state index is 11.0. The summed E-state index contributed by atoms with van der Waals surface area (Å²) in [6, 6.07) is 4.91. The van der Waals surface area contributed by atoms with E-state index in [0.29, 0.717) is 6.54 Å². The number of fused-ring (bicyclic) bond motifs is 1. The second kappa shape index (κ2) is 4.24. The number of aryl methyl sites for hydroxylation is 1. The van der Waals surface area contributed by atoms with Gasteiger partial charge < -0.3 is 14.2 Å². The Hall–Kier alpha value is -2.63. The number of hydrogen-bond acceptors (Lipinski definition) is 3. The van der Waals surface area contributed by atoms with E-state index in [2.05, 4.69) is 9.97 Å². The Morgan fingerprint density at radius 2 is 2.21 bits per heavy atom. The first kappa shape index (κ1) is 11.5. The van der Waals surface area contributed by atoms with Gasteiger partial charge in [0.05, 0.1) is 29.5 Å². The monoisotopic (exact) mass is 256 g/mol. The average Bonchev–Trinajstić information content (AvgIpc) is 2.97. The van der Waals surface area contributed by atoms with E-state index in [1.54, 1.807) is 30.7 Å². The van der Waals surface area contributed by atoms with E-state index in [9.17, 15) is 4.79 Å². The minimum Gasteiger partial charge on any atom is -0.478 e. The third kappa shape index (κ3) is 1.97. The first-order valence-corrected chi connectivity index (χ1v) is 5.79. The van der Waals surface area contributed by atoms with Gasteiger partial charge in [0.1, 0.15) is 5.82 Å². The summed E-state index contributed by atoms with van der Waals surface area (Å²) in [7, 11) is 1.92. The molecule has 1 aromatic carbocycles. The molecule has 3 aromatic rings. The third-order valence-electron chi connectivity index (χ3n) is 3.10. The van der Waals surface area contributed by atoms with E-state index in [0.717, 1.165) is 16.9 Å². The molecule has 2 aromatic heterocycles. The second-order valence-corrected chi connectivity index (χ2v) is 4.34. The highest BCUT2D eigenvalue weighted by atomic mass is 16.4. The van der Waals surface area contributed by atoms with E-state index in [-0.39, 0.29) is 5.56 Å². The molecule has 0 aliphatic heterocycles. The van der Waals surface area contributed by atoms with Gasteiger partial charge in [0, 0.05) is 19.4 Å². The third-order valence-corrected chi connectivity index (χ3v) is 3.10. The summed E-state index contributed by atoms with van der Waals surface area (Å²) in [6.45, 7) is 0.559. The largest absolute Gasteiger partial charge is 0.478 e. The molecule has 0 atom stereocenters. The van der Waals surface area contributed by atoms with E-state index in [4.69, 9.17) is 5.11 Å². The van der Waals surface area contributed by atoms with Crippen molar-refractivity contribution in [2.24, 2.45) is 7.05 Å². The van der Waals surface area contributed by atoms with Crippen LogP contribution in [0.4, 0.5) is 0 Å². The number of aromatic nitrogens is 4. The van der Waals surface area contributed by atoms with Crippen LogP contribution in [0.15, 0.2) is 36.9 Å². The fourth-order valence-corrected chi connectivity index (χ4v) is 2.02. The predicted molar refractivity (Wildman–Crippen MR) is 69.0 cm³/mol. The van der Waals surface area contributed by atoms with Gasteiger partial charge in [-0.1, -0.05) is 0 Å². The van der Waals surface area contributed by atoms with Gasteiger partial charge in [0.15, 0.2) is 0 Å². The van der Waals surface area contributed by atoms with Crippen LogP contribution in [0.3, 0.4) is 0 Å². The maximum atomic E-state index is 11.0. The van der Waals surface area contributed by atoms with Crippen molar-refractivity contribution in [2.75, 3.05) is 0 Å². The Kier molecular flexibility index (Phi) is 2.56. The normalized spacial score (nSPS) is 11.0. The first-order valence-electron chi connectivity index (χ1n) is 5.79. The molecule has 0 aliphatic carbocycles.